The molecule has 1 saturated carbocycles. The SMILES string of the molecule is COCCNC(=O)N[C@H]1C[C@H]1c1cccc(Cl)c1. The van der Waals surface area contributed by atoms with E-state index in [4.69, 9.17) is 16.3 Å². The van der Waals surface area contributed by atoms with Crippen molar-refractivity contribution in [2.24, 2.45) is 0 Å². The third-order valence-electron chi connectivity index (χ3n) is 2.98. The lowest BCUT2D eigenvalue weighted by Gasteiger charge is -2.07. The van der Waals surface area contributed by atoms with Crippen molar-refractivity contribution in [2.75, 3.05) is 20.3 Å². The third kappa shape index (κ3) is 3.62. The zero-order valence-corrected chi connectivity index (χ0v) is 11.0. The highest BCUT2D eigenvalue weighted by atomic mass is 35.5. The van der Waals surface area contributed by atoms with Crippen LogP contribution in [0.25, 0.3) is 0 Å². The van der Waals surface area contributed by atoms with Gasteiger partial charge in [-0.1, -0.05) is 23.7 Å². The number of hydrogen-bond donors (Lipinski definition) is 2. The van der Waals surface area contributed by atoms with Crippen molar-refractivity contribution in [1.82, 2.24) is 10.6 Å². The fraction of sp³-hybridized carbons (Fsp3) is 0.462. The number of urea groups is 1. The lowest BCUT2D eigenvalue weighted by molar-refractivity contribution is 0.195. The molecule has 1 fully saturated rings. The van der Waals surface area contributed by atoms with Gasteiger partial charge in [0.1, 0.15) is 0 Å². The van der Waals surface area contributed by atoms with Crippen LogP contribution < -0.4 is 10.6 Å². The average Bonchev–Trinajstić information content (AvgIpc) is 3.08. The summed E-state index contributed by atoms with van der Waals surface area (Å²) in [6.07, 6.45) is 0.970. The van der Waals surface area contributed by atoms with Crippen LogP contribution >= 0.6 is 11.6 Å². The molecular weight excluding hydrogens is 252 g/mol. The molecule has 1 aliphatic rings. The minimum atomic E-state index is -0.137. The zero-order chi connectivity index (χ0) is 13.0. The Morgan fingerprint density at radius 2 is 2.39 bits per heavy atom. The van der Waals surface area contributed by atoms with Gasteiger partial charge in [0.15, 0.2) is 0 Å². The van der Waals surface area contributed by atoms with Gasteiger partial charge in [-0.3, -0.25) is 0 Å². The maximum Gasteiger partial charge on any atom is 0.315 e. The van der Waals surface area contributed by atoms with E-state index in [1.165, 1.54) is 5.56 Å². The van der Waals surface area contributed by atoms with Crippen LogP contribution in [0.3, 0.4) is 0 Å². The second-order valence-corrected chi connectivity index (χ2v) is 4.83. The average molecular weight is 269 g/mol. The van der Waals surface area contributed by atoms with Crippen molar-refractivity contribution in [3.05, 3.63) is 34.9 Å². The van der Waals surface area contributed by atoms with Crippen molar-refractivity contribution in [1.29, 1.82) is 0 Å². The van der Waals surface area contributed by atoms with Gasteiger partial charge in [-0.15, -0.1) is 0 Å². The van der Waals surface area contributed by atoms with Gasteiger partial charge in [0.25, 0.3) is 0 Å². The van der Waals surface area contributed by atoms with Gasteiger partial charge in [0, 0.05) is 30.6 Å². The first kappa shape index (κ1) is 13.2. The van der Waals surface area contributed by atoms with Gasteiger partial charge in [-0.2, -0.15) is 0 Å². The van der Waals surface area contributed by atoms with E-state index >= 15 is 0 Å². The second-order valence-electron chi connectivity index (χ2n) is 4.40. The fourth-order valence-corrected chi connectivity index (χ4v) is 2.14. The van der Waals surface area contributed by atoms with Crippen LogP contribution in [-0.4, -0.2) is 32.3 Å². The number of carbonyl (C=O) groups is 1. The molecule has 98 valence electrons. The van der Waals surface area contributed by atoms with Gasteiger partial charge >= 0.3 is 6.03 Å². The molecule has 18 heavy (non-hydrogen) atoms. The van der Waals surface area contributed by atoms with Crippen molar-refractivity contribution in [3.63, 3.8) is 0 Å². The minimum Gasteiger partial charge on any atom is -0.383 e. The Balaban J connectivity index is 1.76. The normalized spacial score (nSPS) is 21.4. The number of amides is 2. The fourth-order valence-electron chi connectivity index (χ4n) is 1.95. The first-order valence-electron chi connectivity index (χ1n) is 5.99. The quantitative estimate of drug-likeness (QED) is 0.804. The van der Waals surface area contributed by atoms with Gasteiger partial charge in [0.05, 0.1) is 6.61 Å². The highest BCUT2D eigenvalue weighted by molar-refractivity contribution is 6.30. The lowest BCUT2D eigenvalue weighted by atomic mass is 10.1. The van der Waals surface area contributed by atoms with Crippen molar-refractivity contribution >= 4 is 17.6 Å². The summed E-state index contributed by atoms with van der Waals surface area (Å²) in [5.74, 6) is 0.386. The van der Waals surface area contributed by atoms with Crippen molar-refractivity contribution in [2.45, 2.75) is 18.4 Å². The van der Waals surface area contributed by atoms with Crippen LogP contribution in [0.2, 0.25) is 5.02 Å². The van der Waals surface area contributed by atoms with Gasteiger partial charge in [-0.05, 0) is 24.1 Å². The Labute approximate surface area is 112 Å². The number of benzene rings is 1. The van der Waals surface area contributed by atoms with E-state index in [1.807, 2.05) is 24.3 Å². The molecule has 2 rings (SSSR count). The Morgan fingerprint density at radius 1 is 1.56 bits per heavy atom. The van der Waals surface area contributed by atoms with E-state index in [9.17, 15) is 4.79 Å². The van der Waals surface area contributed by atoms with Gasteiger partial charge in [0.2, 0.25) is 0 Å². The molecule has 0 bridgehead atoms. The Bertz CT molecular complexity index is 425. The molecule has 0 heterocycles. The number of methoxy groups -OCH3 is 1. The third-order valence-corrected chi connectivity index (χ3v) is 3.21. The Hall–Kier alpha value is -1.26. The first-order valence-corrected chi connectivity index (χ1v) is 6.37. The molecule has 4 nitrogen and oxygen atoms in total. The molecule has 2 amide bonds. The van der Waals surface area contributed by atoms with Crippen LogP contribution in [-0.2, 0) is 4.74 Å². The number of nitrogens with one attached hydrogen (secondary N) is 2. The summed E-state index contributed by atoms with van der Waals surface area (Å²) in [4.78, 5) is 11.5. The van der Waals surface area contributed by atoms with Crippen LogP contribution in [0.15, 0.2) is 24.3 Å². The minimum absolute atomic E-state index is 0.137. The molecule has 1 aromatic rings. The number of halogens is 1. The molecule has 0 aliphatic heterocycles. The Morgan fingerprint density at radius 3 is 3.11 bits per heavy atom. The summed E-state index contributed by atoms with van der Waals surface area (Å²) >= 11 is 5.94. The second kappa shape index (κ2) is 6.07. The Kier molecular flexibility index (Phi) is 4.44. The summed E-state index contributed by atoms with van der Waals surface area (Å²) in [5.41, 5.74) is 1.18. The number of hydrogen-bond acceptors (Lipinski definition) is 2. The van der Waals surface area contributed by atoms with E-state index in [2.05, 4.69) is 10.6 Å². The van der Waals surface area contributed by atoms with Crippen LogP contribution in [0.4, 0.5) is 4.79 Å². The van der Waals surface area contributed by atoms with E-state index in [0.29, 0.717) is 19.1 Å². The maximum atomic E-state index is 11.5. The summed E-state index contributed by atoms with van der Waals surface area (Å²) < 4.78 is 4.86. The van der Waals surface area contributed by atoms with E-state index in [-0.39, 0.29) is 12.1 Å². The van der Waals surface area contributed by atoms with Gasteiger partial charge in [-0.25, -0.2) is 4.79 Å². The number of ether oxygens (including phenoxy) is 1. The molecule has 0 spiro atoms. The highest BCUT2D eigenvalue weighted by Crippen LogP contribution is 2.41. The number of carbonyl (C=O) groups excluding carboxylic acids is 1. The van der Waals surface area contributed by atoms with Crippen LogP contribution in [0, 0.1) is 0 Å². The van der Waals surface area contributed by atoms with Crippen molar-refractivity contribution < 1.29 is 9.53 Å². The molecular formula is C13H17ClN2O2. The summed E-state index contributed by atoms with van der Waals surface area (Å²) in [6.45, 7) is 1.05. The summed E-state index contributed by atoms with van der Waals surface area (Å²) in [6, 6.07) is 7.86. The van der Waals surface area contributed by atoms with E-state index in [0.717, 1.165) is 11.4 Å². The van der Waals surface area contributed by atoms with Crippen LogP contribution in [0.5, 0.6) is 0 Å². The molecule has 2 N–H and O–H groups in total. The molecule has 0 aromatic heterocycles. The summed E-state index contributed by atoms with van der Waals surface area (Å²) in [7, 11) is 1.61. The van der Waals surface area contributed by atoms with Gasteiger partial charge < -0.3 is 15.4 Å². The van der Waals surface area contributed by atoms with Crippen molar-refractivity contribution in [3.8, 4) is 0 Å². The molecule has 5 heteroatoms. The zero-order valence-electron chi connectivity index (χ0n) is 10.3. The maximum absolute atomic E-state index is 11.5. The smallest absolute Gasteiger partial charge is 0.315 e. The first-order chi connectivity index (χ1) is 8.70. The molecule has 0 radical (unpaired) electrons. The predicted molar refractivity (Wildman–Crippen MR) is 71.0 cm³/mol. The summed E-state index contributed by atoms with van der Waals surface area (Å²) in [5, 5.41) is 6.41. The van der Waals surface area contributed by atoms with Crippen LogP contribution in [0.1, 0.15) is 17.9 Å². The highest BCUT2D eigenvalue weighted by Gasteiger charge is 2.39. The molecule has 1 aliphatic carbocycles. The number of rotatable bonds is 5. The standard InChI is InChI=1S/C13H17ClN2O2/c1-18-6-5-15-13(17)16-12-8-11(12)9-3-2-4-10(14)7-9/h2-4,7,11-12H,5-6,8H2,1H3,(H2,15,16,17)/t11-,12-/m0/s1. The van der Waals surface area contributed by atoms with E-state index in [1.54, 1.807) is 7.11 Å². The predicted octanol–water partition coefficient (Wildman–Crippen LogP) is 2.14. The largest absolute Gasteiger partial charge is 0.383 e. The monoisotopic (exact) mass is 268 g/mol. The topological polar surface area (TPSA) is 50.4 Å². The molecule has 1 aromatic carbocycles. The molecule has 0 unspecified atom stereocenters. The molecule has 2 atom stereocenters. The lowest BCUT2D eigenvalue weighted by Crippen LogP contribution is -2.38. The molecule has 0 saturated heterocycles. The van der Waals surface area contributed by atoms with E-state index < -0.39 is 0 Å².